The van der Waals surface area contributed by atoms with Crippen molar-refractivity contribution in [3.63, 3.8) is 0 Å². The summed E-state index contributed by atoms with van der Waals surface area (Å²) in [7, 11) is -0.863. The van der Waals surface area contributed by atoms with E-state index in [9.17, 15) is 0 Å². The summed E-state index contributed by atoms with van der Waals surface area (Å²) in [6.07, 6.45) is 0. The molecule has 0 unspecified atom stereocenters. The Hall–Kier alpha value is -6.59. The normalized spacial score (nSPS) is 11.8. The van der Waals surface area contributed by atoms with Gasteiger partial charge in [0.15, 0.2) is 0 Å². The molecule has 256 valence electrons. The van der Waals surface area contributed by atoms with Crippen LogP contribution in [0.5, 0.6) is 0 Å². The highest BCUT2D eigenvalue weighted by Gasteiger charge is 2.24. The molecule has 55 heavy (non-hydrogen) atoms. The van der Waals surface area contributed by atoms with E-state index < -0.39 is 7.92 Å². The molecule has 0 saturated heterocycles. The highest BCUT2D eigenvalue weighted by Crippen LogP contribution is 2.51. The van der Waals surface area contributed by atoms with Gasteiger partial charge in [0.25, 0.3) is 0 Å². The summed E-state index contributed by atoms with van der Waals surface area (Å²) in [4.78, 5) is 0. The molecule has 0 fully saturated rings. The summed E-state index contributed by atoms with van der Waals surface area (Å²) in [6.45, 7) is 0. The number of hydrogen-bond acceptors (Lipinski definition) is 0. The van der Waals surface area contributed by atoms with Gasteiger partial charge in [-0.05, 0) is 136 Å². The molecule has 0 N–H and O–H groups in total. The van der Waals surface area contributed by atoms with Crippen LogP contribution in [0.2, 0.25) is 0 Å². The van der Waals surface area contributed by atoms with Crippen LogP contribution >= 0.6 is 7.92 Å². The smallest absolute Gasteiger partial charge is 0.00199 e. The molecule has 1 aliphatic rings. The lowest BCUT2D eigenvalue weighted by Gasteiger charge is -2.22. The van der Waals surface area contributed by atoms with Crippen LogP contribution in [0, 0.1) is 0 Å². The maximum Gasteiger partial charge on any atom is -0.00199 e. The lowest BCUT2D eigenvalue weighted by Crippen LogP contribution is -2.21. The van der Waals surface area contributed by atoms with E-state index in [1.807, 2.05) is 0 Å². The Bertz CT molecular complexity index is 2990. The molecule has 0 saturated carbocycles. The fourth-order valence-corrected chi connectivity index (χ4v) is 11.2. The van der Waals surface area contributed by atoms with Gasteiger partial charge in [0.1, 0.15) is 0 Å². The molecule has 10 aromatic rings. The lowest BCUT2D eigenvalue weighted by atomic mass is 9.88. The minimum atomic E-state index is -0.863. The van der Waals surface area contributed by atoms with Gasteiger partial charge in [-0.15, -0.1) is 0 Å². The zero-order chi connectivity index (χ0) is 36.3. The molecule has 0 spiro atoms. The predicted octanol–water partition coefficient (Wildman–Crippen LogP) is 13.6. The van der Waals surface area contributed by atoms with Crippen LogP contribution in [-0.2, 0) is 0 Å². The average molecular weight is 715 g/mol. The molecule has 10 aromatic carbocycles. The Balaban J connectivity index is 1.11. The van der Waals surface area contributed by atoms with E-state index in [1.165, 1.54) is 104 Å². The van der Waals surface area contributed by atoms with Gasteiger partial charge >= 0.3 is 0 Å². The fourth-order valence-electron chi connectivity index (χ4n) is 8.86. The monoisotopic (exact) mass is 714 g/mol. The Labute approximate surface area is 322 Å². The lowest BCUT2D eigenvalue weighted by molar-refractivity contribution is 1.63. The highest BCUT2D eigenvalue weighted by atomic mass is 31.1. The molecule has 0 aliphatic heterocycles. The molecule has 0 nitrogen and oxygen atoms in total. The second kappa shape index (κ2) is 13.1. The summed E-state index contributed by atoms with van der Waals surface area (Å²) in [5.41, 5.74) is 12.8. The molecule has 0 bridgehead atoms. The highest BCUT2D eigenvalue weighted by molar-refractivity contribution is 7.79. The molecule has 1 aliphatic carbocycles. The summed E-state index contributed by atoms with van der Waals surface area (Å²) in [5, 5.41) is 11.9. The van der Waals surface area contributed by atoms with Gasteiger partial charge < -0.3 is 0 Å². The third-order valence-electron chi connectivity index (χ3n) is 11.3. The Morgan fingerprint density at radius 2 is 0.782 bits per heavy atom. The molecular weight excluding hydrogens is 680 g/mol. The van der Waals surface area contributed by atoms with Gasteiger partial charge in [0.05, 0.1) is 0 Å². The van der Waals surface area contributed by atoms with Crippen molar-refractivity contribution < 1.29 is 0 Å². The minimum Gasteiger partial charge on any atom is -0.0622 e. The van der Waals surface area contributed by atoms with E-state index in [4.69, 9.17) is 0 Å². The fraction of sp³-hybridized carbons (Fsp3) is 0. The first-order chi connectivity index (χ1) is 27.3. The van der Waals surface area contributed by atoms with Crippen LogP contribution < -0.4 is 15.9 Å². The van der Waals surface area contributed by atoms with E-state index in [0.29, 0.717) is 0 Å². The number of hydrogen-bond donors (Lipinski definition) is 0. The molecule has 0 atom stereocenters. The Morgan fingerprint density at radius 3 is 1.45 bits per heavy atom. The molecule has 0 radical (unpaired) electrons. The van der Waals surface area contributed by atoms with Crippen LogP contribution in [0.3, 0.4) is 0 Å². The number of fused-ring (bicyclic) bond motifs is 6. The topological polar surface area (TPSA) is 0 Å². The molecule has 0 aromatic heterocycles. The molecule has 0 amide bonds. The van der Waals surface area contributed by atoms with Gasteiger partial charge in [0, 0.05) is 0 Å². The van der Waals surface area contributed by atoms with Crippen LogP contribution in [0.15, 0.2) is 212 Å². The zero-order valence-electron chi connectivity index (χ0n) is 30.2. The van der Waals surface area contributed by atoms with Crippen molar-refractivity contribution in [2.75, 3.05) is 0 Å². The van der Waals surface area contributed by atoms with Crippen LogP contribution in [0.1, 0.15) is 0 Å². The third-order valence-corrected chi connectivity index (χ3v) is 13.8. The van der Waals surface area contributed by atoms with Gasteiger partial charge in [-0.1, -0.05) is 188 Å². The van der Waals surface area contributed by atoms with Crippen molar-refractivity contribution in [2.45, 2.75) is 0 Å². The third kappa shape index (κ3) is 5.33. The van der Waals surface area contributed by atoms with E-state index in [-0.39, 0.29) is 0 Å². The quantitative estimate of drug-likeness (QED) is 0.0914. The largest absolute Gasteiger partial charge is 0.0622 e. The van der Waals surface area contributed by atoms with Crippen molar-refractivity contribution in [1.82, 2.24) is 0 Å². The van der Waals surface area contributed by atoms with Crippen molar-refractivity contribution in [1.29, 1.82) is 0 Å². The van der Waals surface area contributed by atoms with Crippen molar-refractivity contribution in [2.24, 2.45) is 0 Å². The summed E-state index contributed by atoms with van der Waals surface area (Å²) in [5.74, 6) is 0. The maximum atomic E-state index is 2.47. The van der Waals surface area contributed by atoms with E-state index in [0.717, 1.165) is 0 Å². The van der Waals surface area contributed by atoms with Crippen LogP contribution in [0.25, 0.3) is 88.0 Å². The maximum absolute atomic E-state index is 2.47. The van der Waals surface area contributed by atoms with Gasteiger partial charge in [-0.2, -0.15) is 0 Å². The van der Waals surface area contributed by atoms with Crippen molar-refractivity contribution >= 4 is 56.2 Å². The Morgan fingerprint density at radius 1 is 0.255 bits per heavy atom. The standard InChI is InChI=1S/C54H35P/c1-3-14-36(15-4-1)39-19-11-21-43(32-39)55(44-22-12-20-40(33-44)37-16-5-2-6-17-37)42-30-28-38(29-31-42)53-45-23-8-7-18-41(45)34-50-49-27-13-26-48-46-24-9-10-25-47(46)51(54(48)49)35-52(50)53/h1-35H. The number of rotatable bonds is 6. The molecule has 0 heterocycles. The van der Waals surface area contributed by atoms with Gasteiger partial charge in [-0.3, -0.25) is 0 Å². The van der Waals surface area contributed by atoms with Crippen molar-refractivity contribution in [3.05, 3.63) is 212 Å². The number of benzene rings is 10. The average Bonchev–Trinajstić information content (AvgIpc) is 3.58. The van der Waals surface area contributed by atoms with Crippen LogP contribution in [-0.4, -0.2) is 0 Å². The first kappa shape index (κ1) is 31.9. The van der Waals surface area contributed by atoms with Gasteiger partial charge in [-0.25, -0.2) is 0 Å². The summed E-state index contributed by atoms with van der Waals surface area (Å²) in [6, 6.07) is 78.9. The SMILES string of the molecule is c1ccc(-c2cccc(P(c3ccc(-c4c5ccccc5cc5c4cc4c6c(cccc65)-c5ccccc5-4)cc3)c3cccc(-c4ccccc4)c3)c2)cc1. The summed E-state index contributed by atoms with van der Waals surface area (Å²) < 4.78 is 0. The first-order valence-corrected chi connectivity index (χ1v) is 20.4. The first-order valence-electron chi connectivity index (χ1n) is 19.0. The van der Waals surface area contributed by atoms with E-state index >= 15 is 0 Å². The van der Waals surface area contributed by atoms with E-state index in [1.54, 1.807) is 0 Å². The van der Waals surface area contributed by atoms with Crippen LogP contribution in [0.4, 0.5) is 0 Å². The second-order valence-electron chi connectivity index (χ2n) is 14.5. The molecule has 11 rings (SSSR count). The summed E-state index contributed by atoms with van der Waals surface area (Å²) >= 11 is 0. The minimum absolute atomic E-state index is 0.863. The predicted molar refractivity (Wildman–Crippen MR) is 238 cm³/mol. The molecular formula is C54H35P. The second-order valence-corrected chi connectivity index (χ2v) is 16.7. The zero-order valence-corrected chi connectivity index (χ0v) is 31.0. The Kier molecular flexibility index (Phi) is 7.58. The van der Waals surface area contributed by atoms with E-state index in [2.05, 4.69) is 212 Å². The molecule has 1 heteroatoms. The van der Waals surface area contributed by atoms with Gasteiger partial charge in [0.2, 0.25) is 0 Å². The van der Waals surface area contributed by atoms with Crippen molar-refractivity contribution in [3.8, 4) is 55.6 Å².